The summed E-state index contributed by atoms with van der Waals surface area (Å²) < 4.78 is 0. The van der Waals surface area contributed by atoms with Crippen molar-refractivity contribution in [3.63, 3.8) is 0 Å². The number of hydrogen-bond donors (Lipinski definition) is 2. The van der Waals surface area contributed by atoms with Crippen molar-refractivity contribution in [2.45, 2.75) is 32.9 Å². The molecule has 0 saturated carbocycles. The number of aliphatic hydroxyl groups is 1. The Kier molecular flexibility index (Phi) is 5.51. The highest BCUT2D eigenvalue weighted by atomic mass is 32.1. The average molecular weight is 319 g/mol. The van der Waals surface area contributed by atoms with Crippen LogP contribution in [0.2, 0.25) is 0 Å². The second-order valence-electron chi connectivity index (χ2n) is 5.44. The van der Waals surface area contributed by atoms with E-state index in [-0.39, 0.29) is 12.1 Å². The monoisotopic (exact) mass is 319 g/mol. The number of thiazole rings is 1. The molecule has 0 saturated heterocycles. The zero-order valence-electron chi connectivity index (χ0n) is 13.0. The molecule has 0 bridgehead atoms. The molecule has 1 aromatic carbocycles. The third-order valence-corrected chi connectivity index (χ3v) is 3.96. The van der Waals surface area contributed by atoms with Gasteiger partial charge < -0.3 is 15.3 Å². The SMILES string of the molecule is CC(O)CN(C(=O)Nc1cccc(-c2nccs2)c1)C(C)C. The smallest absolute Gasteiger partial charge is 0.322 e. The molecule has 1 heterocycles. The quantitative estimate of drug-likeness (QED) is 0.887. The third kappa shape index (κ3) is 4.29. The molecule has 1 unspecified atom stereocenters. The number of carbonyl (C=O) groups is 1. The Morgan fingerprint density at radius 1 is 1.41 bits per heavy atom. The van der Waals surface area contributed by atoms with Gasteiger partial charge >= 0.3 is 6.03 Å². The number of anilines is 1. The average Bonchev–Trinajstić information content (AvgIpc) is 2.98. The van der Waals surface area contributed by atoms with Gasteiger partial charge in [-0.2, -0.15) is 0 Å². The summed E-state index contributed by atoms with van der Waals surface area (Å²) in [6.07, 6.45) is 1.20. The summed E-state index contributed by atoms with van der Waals surface area (Å²) in [5.41, 5.74) is 1.69. The lowest BCUT2D eigenvalue weighted by Gasteiger charge is -2.28. The van der Waals surface area contributed by atoms with Crippen LogP contribution in [0.4, 0.5) is 10.5 Å². The summed E-state index contributed by atoms with van der Waals surface area (Å²) in [4.78, 5) is 18.3. The van der Waals surface area contributed by atoms with Crippen LogP contribution >= 0.6 is 11.3 Å². The second kappa shape index (κ2) is 7.38. The normalized spacial score (nSPS) is 12.2. The van der Waals surface area contributed by atoms with E-state index >= 15 is 0 Å². The molecule has 1 atom stereocenters. The van der Waals surface area contributed by atoms with E-state index in [2.05, 4.69) is 10.3 Å². The van der Waals surface area contributed by atoms with Crippen molar-refractivity contribution in [3.05, 3.63) is 35.8 Å². The summed E-state index contributed by atoms with van der Waals surface area (Å²) in [7, 11) is 0. The number of aliphatic hydroxyl groups excluding tert-OH is 1. The topological polar surface area (TPSA) is 65.5 Å². The molecule has 0 radical (unpaired) electrons. The van der Waals surface area contributed by atoms with Crippen molar-refractivity contribution in [3.8, 4) is 10.6 Å². The third-order valence-electron chi connectivity index (χ3n) is 3.14. The molecule has 0 aliphatic carbocycles. The maximum atomic E-state index is 12.4. The molecule has 1 aromatic heterocycles. The molecule has 22 heavy (non-hydrogen) atoms. The number of rotatable bonds is 5. The second-order valence-corrected chi connectivity index (χ2v) is 6.34. The van der Waals surface area contributed by atoms with Gasteiger partial charge in [0.05, 0.1) is 6.10 Å². The van der Waals surface area contributed by atoms with Crippen LogP contribution in [0, 0.1) is 0 Å². The molecule has 2 aromatic rings. The Hall–Kier alpha value is -1.92. The molecular formula is C16H21N3O2S. The van der Waals surface area contributed by atoms with Crippen molar-refractivity contribution in [2.75, 3.05) is 11.9 Å². The van der Waals surface area contributed by atoms with E-state index in [0.29, 0.717) is 12.2 Å². The van der Waals surface area contributed by atoms with Gasteiger partial charge in [-0.05, 0) is 32.9 Å². The van der Waals surface area contributed by atoms with E-state index in [9.17, 15) is 9.90 Å². The first-order valence-corrected chi connectivity index (χ1v) is 8.11. The number of benzene rings is 1. The summed E-state index contributed by atoms with van der Waals surface area (Å²) in [6, 6.07) is 7.39. The Bertz CT molecular complexity index is 612. The van der Waals surface area contributed by atoms with Gasteiger partial charge in [-0.3, -0.25) is 0 Å². The van der Waals surface area contributed by atoms with E-state index in [1.807, 2.05) is 43.5 Å². The first-order valence-electron chi connectivity index (χ1n) is 7.23. The molecule has 2 amide bonds. The van der Waals surface area contributed by atoms with Gasteiger partial charge in [0.25, 0.3) is 0 Å². The van der Waals surface area contributed by atoms with Crippen molar-refractivity contribution in [1.29, 1.82) is 0 Å². The lowest BCUT2D eigenvalue weighted by molar-refractivity contribution is 0.125. The number of nitrogens with zero attached hydrogens (tertiary/aromatic N) is 2. The van der Waals surface area contributed by atoms with Crippen molar-refractivity contribution >= 4 is 23.1 Å². The highest BCUT2D eigenvalue weighted by molar-refractivity contribution is 7.13. The molecule has 0 spiro atoms. The van der Waals surface area contributed by atoms with E-state index in [1.54, 1.807) is 29.4 Å². The van der Waals surface area contributed by atoms with Gasteiger partial charge in [-0.25, -0.2) is 9.78 Å². The minimum atomic E-state index is -0.560. The van der Waals surface area contributed by atoms with Gasteiger partial charge in [0.2, 0.25) is 0 Å². The van der Waals surface area contributed by atoms with Gasteiger partial charge in [-0.15, -0.1) is 11.3 Å². The Morgan fingerprint density at radius 2 is 2.18 bits per heavy atom. The molecule has 2 rings (SSSR count). The van der Waals surface area contributed by atoms with Crippen LogP contribution in [0.5, 0.6) is 0 Å². The van der Waals surface area contributed by atoms with Crippen LogP contribution in [-0.4, -0.2) is 39.7 Å². The molecule has 0 aliphatic heterocycles. The summed E-state index contributed by atoms with van der Waals surface area (Å²) in [5.74, 6) is 0. The fourth-order valence-corrected chi connectivity index (χ4v) is 2.74. The van der Waals surface area contributed by atoms with Gasteiger partial charge in [-0.1, -0.05) is 12.1 Å². The Balaban J connectivity index is 2.12. The van der Waals surface area contributed by atoms with Crippen molar-refractivity contribution in [2.24, 2.45) is 0 Å². The van der Waals surface area contributed by atoms with E-state index in [0.717, 1.165) is 10.6 Å². The van der Waals surface area contributed by atoms with Crippen molar-refractivity contribution in [1.82, 2.24) is 9.88 Å². The van der Waals surface area contributed by atoms with Gasteiger partial charge in [0.15, 0.2) is 0 Å². The van der Waals surface area contributed by atoms with E-state index < -0.39 is 6.10 Å². The molecule has 0 aliphatic rings. The lowest BCUT2D eigenvalue weighted by atomic mass is 10.2. The number of carbonyl (C=O) groups excluding carboxylic acids is 1. The van der Waals surface area contributed by atoms with Crippen LogP contribution < -0.4 is 5.32 Å². The number of amides is 2. The Labute approximate surface area is 134 Å². The summed E-state index contributed by atoms with van der Waals surface area (Å²) >= 11 is 1.56. The van der Waals surface area contributed by atoms with Crippen molar-refractivity contribution < 1.29 is 9.90 Å². The van der Waals surface area contributed by atoms with Crippen LogP contribution in [0.15, 0.2) is 35.8 Å². The standard InChI is InChI=1S/C16H21N3O2S/c1-11(2)19(10-12(3)20)16(21)18-14-6-4-5-13(9-14)15-17-7-8-22-15/h4-9,11-12,20H,10H2,1-3H3,(H,18,21). The predicted molar refractivity (Wildman–Crippen MR) is 90.1 cm³/mol. The zero-order valence-corrected chi connectivity index (χ0v) is 13.8. The number of nitrogens with one attached hydrogen (secondary N) is 1. The van der Waals surface area contributed by atoms with Crippen LogP contribution in [-0.2, 0) is 0 Å². The highest BCUT2D eigenvalue weighted by Crippen LogP contribution is 2.24. The highest BCUT2D eigenvalue weighted by Gasteiger charge is 2.18. The zero-order chi connectivity index (χ0) is 16.1. The maximum Gasteiger partial charge on any atom is 0.322 e. The summed E-state index contributed by atoms with van der Waals surface area (Å²) in [5, 5.41) is 15.2. The molecular weight excluding hydrogens is 298 g/mol. The molecule has 5 nitrogen and oxygen atoms in total. The first-order chi connectivity index (χ1) is 10.5. The molecule has 2 N–H and O–H groups in total. The molecule has 6 heteroatoms. The fraction of sp³-hybridized carbons (Fsp3) is 0.375. The Morgan fingerprint density at radius 3 is 2.77 bits per heavy atom. The maximum absolute atomic E-state index is 12.4. The van der Waals surface area contributed by atoms with Gasteiger partial charge in [0, 0.05) is 35.4 Å². The minimum Gasteiger partial charge on any atom is -0.392 e. The number of aromatic nitrogens is 1. The minimum absolute atomic E-state index is 0.0109. The van der Waals surface area contributed by atoms with E-state index in [4.69, 9.17) is 0 Å². The van der Waals surface area contributed by atoms with Crippen LogP contribution in [0.25, 0.3) is 10.6 Å². The molecule has 0 fully saturated rings. The first kappa shape index (κ1) is 16.5. The predicted octanol–water partition coefficient (Wildman–Crippen LogP) is 3.43. The number of hydrogen-bond acceptors (Lipinski definition) is 4. The number of urea groups is 1. The molecule has 118 valence electrons. The lowest BCUT2D eigenvalue weighted by Crippen LogP contribution is -2.43. The summed E-state index contributed by atoms with van der Waals surface area (Å²) in [6.45, 7) is 5.82. The fourth-order valence-electron chi connectivity index (χ4n) is 2.10. The largest absolute Gasteiger partial charge is 0.392 e. The van der Waals surface area contributed by atoms with Gasteiger partial charge in [0.1, 0.15) is 5.01 Å². The van der Waals surface area contributed by atoms with Crippen LogP contribution in [0.1, 0.15) is 20.8 Å². The van der Waals surface area contributed by atoms with Crippen LogP contribution in [0.3, 0.4) is 0 Å². The van der Waals surface area contributed by atoms with E-state index in [1.165, 1.54) is 0 Å².